The number of hydrogen-bond donors (Lipinski definition) is 1. The van der Waals surface area contributed by atoms with Gasteiger partial charge in [0.2, 0.25) is 0 Å². The van der Waals surface area contributed by atoms with Crippen LogP contribution in [0.4, 0.5) is 0 Å². The SMILES string of the molecule is O=C(c1ccc(Cl)s1)N1C[C@H]2C[C@@H](n3cnc4ccccc43)[C@H](O)C[C@H]2C1. The molecule has 140 valence electrons. The number of imidazole rings is 1. The van der Waals surface area contributed by atoms with Gasteiger partial charge in [0.05, 0.1) is 38.7 Å². The lowest BCUT2D eigenvalue weighted by atomic mass is 9.77. The normalized spacial score (nSPS) is 27.9. The molecule has 0 bridgehead atoms. The van der Waals surface area contributed by atoms with Gasteiger partial charge >= 0.3 is 0 Å². The number of aliphatic hydroxyl groups is 1. The van der Waals surface area contributed by atoms with E-state index in [1.165, 1.54) is 11.3 Å². The van der Waals surface area contributed by atoms with Crippen molar-refractivity contribution in [1.82, 2.24) is 14.5 Å². The van der Waals surface area contributed by atoms with Crippen LogP contribution >= 0.6 is 22.9 Å². The third kappa shape index (κ3) is 2.96. The van der Waals surface area contributed by atoms with Gasteiger partial charge in [-0.1, -0.05) is 23.7 Å². The summed E-state index contributed by atoms with van der Waals surface area (Å²) in [7, 11) is 0. The molecule has 1 aromatic carbocycles. The molecule has 3 heterocycles. The number of amides is 1. The molecule has 0 unspecified atom stereocenters. The zero-order valence-corrected chi connectivity index (χ0v) is 16.2. The number of halogens is 1. The second-order valence-corrected chi connectivity index (χ2v) is 9.30. The summed E-state index contributed by atoms with van der Waals surface area (Å²) in [6, 6.07) is 11.6. The molecule has 1 aliphatic carbocycles. The molecule has 5 rings (SSSR count). The van der Waals surface area contributed by atoms with Crippen molar-refractivity contribution in [2.75, 3.05) is 13.1 Å². The van der Waals surface area contributed by atoms with Gasteiger partial charge < -0.3 is 14.6 Å². The highest BCUT2D eigenvalue weighted by molar-refractivity contribution is 7.17. The number of aliphatic hydroxyl groups excluding tert-OH is 1. The van der Waals surface area contributed by atoms with E-state index in [9.17, 15) is 9.90 Å². The van der Waals surface area contributed by atoms with E-state index in [4.69, 9.17) is 11.6 Å². The van der Waals surface area contributed by atoms with Crippen LogP contribution in [0, 0.1) is 11.8 Å². The number of rotatable bonds is 2. The van der Waals surface area contributed by atoms with E-state index in [1.807, 2.05) is 35.5 Å². The Kier molecular flexibility index (Phi) is 4.22. The van der Waals surface area contributed by atoms with Gasteiger partial charge in [0.25, 0.3) is 5.91 Å². The Morgan fingerprint density at radius 1 is 1.15 bits per heavy atom. The number of hydrogen-bond acceptors (Lipinski definition) is 4. The second kappa shape index (κ2) is 6.62. The molecule has 7 heteroatoms. The highest BCUT2D eigenvalue weighted by atomic mass is 35.5. The fourth-order valence-corrected chi connectivity index (χ4v) is 5.71. The van der Waals surface area contributed by atoms with Gasteiger partial charge in [0.1, 0.15) is 0 Å². The molecule has 2 aromatic heterocycles. The van der Waals surface area contributed by atoms with Crippen molar-refractivity contribution in [1.29, 1.82) is 0 Å². The summed E-state index contributed by atoms with van der Waals surface area (Å²) in [6.45, 7) is 1.46. The predicted octanol–water partition coefficient (Wildman–Crippen LogP) is 3.84. The van der Waals surface area contributed by atoms with Gasteiger partial charge in [-0.2, -0.15) is 0 Å². The number of carbonyl (C=O) groups excluding carboxylic acids is 1. The number of thiophene rings is 1. The number of carbonyl (C=O) groups is 1. The molecule has 2 aliphatic rings. The minimum Gasteiger partial charge on any atom is -0.391 e. The second-order valence-electron chi connectivity index (χ2n) is 7.58. The van der Waals surface area contributed by atoms with E-state index in [0.29, 0.717) is 27.6 Å². The first kappa shape index (κ1) is 17.2. The van der Waals surface area contributed by atoms with Gasteiger partial charge in [0.15, 0.2) is 0 Å². The minimum absolute atomic E-state index is 0.00452. The van der Waals surface area contributed by atoms with E-state index >= 15 is 0 Å². The number of aromatic nitrogens is 2. The average Bonchev–Trinajstić information content (AvgIpc) is 3.38. The summed E-state index contributed by atoms with van der Waals surface area (Å²) >= 11 is 7.31. The standard InChI is InChI=1S/C20H20ClN3O2S/c21-19-6-5-18(27-19)20(26)23-9-12-7-16(17(25)8-13(12)10-23)24-11-22-14-3-1-2-4-15(14)24/h1-6,11-13,16-17,25H,7-10H2/t12-,13+,16-,17-/m1/s1. The van der Waals surface area contributed by atoms with Crippen LogP contribution in [0.3, 0.4) is 0 Å². The number of fused-ring (bicyclic) bond motifs is 2. The summed E-state index contributed by atoms with van der Waals surface area (Å²) in [5.41, 5.74) is 2.00. The zero-order chi connectivity index (χ0) is 18.5. The molecule has 5 nitrogen and oxygen atoms in total. The van der Waals surface area contributed by atoms with E-state index in [-0.39, 0.29) is 11.9 Å². The van der Waals surface area contributed by atoms with Gasteiger partial charge in [-0.25, -0.2) is 4.98 Å². The van der Waals surface area contributed by atoms with Gasteiger partial charge in [-0.3, -0.25) is 4.79 Å². The molecule has 3 aromatic rings. The molecule has 1 saturated carbocycles. The monoisotopic (exact) mass is 401 g/mol. The Morgan fingerprint density at radius 2 is 1.93 bits per heavy atom. The van der Waals surface area contributed by atoms with E-state index in [0.717, 1.165) is 30.4 Å². The van der Waals surface area contributed by atoms with Gasteiger partial charge in [-0.05, 0) is 48.9 Å². The predicted molar refractivity (Wildman–Crippen MR) is 106 cm³/mol. The summed E-state index contributed by atoms with van der Waals surface area (Å²) in [4.78, 5) is 19.9. The van der Waals surface area contributed by atoms with Crippen LogP contribution in [-0.4, -0.2) is 44.7 Å². The first-order valence-electron chi connectivity index (χ1n) is 9.24. The van der Waals surface area contributed by atoms with Crippen molar-refractivity contribution >= 4 is 39.9 Å². The first-order chi connectivity index (χ1) is 13.1. The fourth-order valence-electron chi connectivity index (χ4n) is 4.70. The molecule has 27 heavy (non-hydrogen) atoms. The molecule has 1 aliphatic heterocycles. The quantitative estimate of drug-likeness (QED) is 0.709. The van der Waals surface area contributed by atoms with Crippen molar-refractivity contribution in [2.45, 2.75) is 25.0 Å². The Morgan fingerprint density at radius 3 is 2.70 bits per heavy atom. The van der Waals surface area contributed by atoms with E-state index in [2.05, 4.69) is 9.55 Å². The summed E-state index contributed by atoms with van der Waals surface area (Å²) in [6.07, 6.45) is 3.00. The Balaban J connectivity index is 1.37. The van der Waals surface area contributed by atoms with Crippen molar-refractivity contribution in [3.05, 3.63) is 51.9 Å². The lowest BCUT2D eigenvalue weighted by molar-refractivity contribution is 0.0374. The first-order valence-corrected chi connectivity index (χ1v) is 10.4. The van der Waals surface area contributed by atoms with Crippen LogP contribution in [0.1, 0.15) is 28.6 Å². The highest BCUT2D eigenvalue weighted by Crippen LogP contribution is 2.42. The Labute approximate surface area is 166 Å². The molecule has 4 atom stereocenters. The lowest BCUT2D eigenvalue weighted by Crippen LogP contribution is -2.36. The summed E-state index contributed by atoms with van der Waals surface area (Å²) < 4.78 is 2.75. The number of nitrogens with zero attached hydrogens (tertiary/aromatic N) is 3. The number of likely N-dealkylation sites (tertiary alicyclic amines) is 1. The fraction of sp³-hybridized carbons (Fsp3) is 0.400. The molecular weight excluding hydrogens is 382 g/mol. The third-order valence-corrected chi connectivity index (χ3v) is 7.24. The van der Waals surface area contributed by atoms with Crippen molar-refractivity contribution in [2.24, 2.45) is 11.8 Å². The Bertz CT molecular complexity index is 1000. The van der Waals surface area contributed by atoms with Crippen LogP contribution in [0.2, 0.25) is 4.34 Å². The molecule has 2 fully saturated rings. The molecular formula is C20H20ClN3O2S. The molecule has 1 saturated heterocycles. The topological polar surface area (TPSA) is 58.4 Å². The van der Waals surface area contributed by atoms with Crippen LogP contribution in [0.5, 0.6) is 0 Å². The lowest BCUT2D eigenvalue weighted by Gasteiger charge is -2.36. The van der Waals surface area contributed by atoms with Crippen molar-refractivity contribution in [3.8, 4) is 0 Å². The molecule has 0 radical (unpaired) electrons. The van der Waals surface area contributed by atoms with Crippen LogP contribution in [-0.2, 0) is 0 Å². The van der Waals surface area contributed by atoms with Crippen LogP contribution in [0.15, 0.2) is 42.7 Å². The van der Waals surface area contributed by atoms with E-state index in [1.54, 1.807) is 12.1 Å². The third-order valence-electron chi connectivity index (χ3n) is 6.02. The van der Waals surface area contributed by atoms with Gasteiger partial charge in [-0.15, -0.1) is 11.3 Å². The van der Waals surface area contributed by atoms with Crippen molar-refractivity contribution < 1.29 is 9.90 Å². The zero-order valence-electron chi connectivity index (χ0n) is 14.7. The maximum absolute atomic E-state index is 12.8. The number of para-hydroxylation sites is 2. The van der Waals surface area contributed by atoms with Crippen molar-refractivity contribution in [3.63, 3.8) is 0 Å². The average molecular weight is 402 g/mol. The maximum atomic E-state index is 12.8. The summed E-state index contributed by atoms with van der Waals surface area (Å²) in [5.74, 6) is 0.810. The maximum Gasteiger partial charge on any atom is 0.263 e. The largest absolute Gasteiger partial charge is 0.391 e. The van der Waals surface area contributed by atoms with Gasteiger partial charge in [0, 0.05) is 13.1 Å². The number of benzene rings is 1. The van der Waals surface area contributed by atoms with Crippen LogP contribution < -0.4 is 0 Å². The minimum atomic E-state index is -0.421. The summed E-state index contributed by atoms with van der Waals surface area (Å²) in [5, 5.41) is 10.8. The smallest absolute Gasteiger partial charge is 0.263 e. The highest BCUT2D eigenvalue weighted by Gasteiger charge is 2.44. The molecule has 1 N–H and O–H groups in total. The Hall–Kier alpha value is -1.89. The van der Waals surface area contributed by atoms with Crippen LogP contribution in [0.25, 0.3) is 11.0 Å². The molecule has 1 amide bonds. The molecule has 0 spiro atoms. The van der Waals surface area contributed by atoms with E-state index < -0.39 is 6.10 Å².